The fraction of sp³-hybridized carbons (Fsp3) is 0.261. The predicted molar refractivity (Wildman–Crippen MR) is 112 cm³/mol. The number of nitriles is 1. The molecule has 7 heteroatoms. The number of carbonyl (C=O) groups excluding carboxylic acids is 2. The molecule has 2 amide bonds. The molecule has 0 aromatic heterocycles. The van der Waals surface area contributed by atoms with E-state index >= 15 is 0 Å². The van der Waals surface area contributed by atoms with Crippen molar-refractivity contribution in [1.82, 2.24) is 10.2 Å². The molecule has 156 valence electrons. The molecule has 0 heterocycles. The number of amides is 2. The van der Waals surface area contributed by atoms with Gasteiger partial charge in [-0.15, -0.1) is 0 Å². The zero-order chi connectivity index (χ0) is 21.9. The van der Waals surface area contributed by atoms with Crippen molar-refractivity contribution in [3.8, 4) is 11.8 Å². The lowest BCUT2D eigenvalue weighted by Crippen LogP contribution is -2.27. The van der Waals surface area contributed by atoms with Crippen molar-refractivity contribution in [2.75, 3.05) is 27.2 Å². The summed E-state index contributed by atoms with van der Waals surface area (Å²) in [5.74, 6) is -0.901. The summed E-state index contributed by atoms with van der Waals surface area (Å²) in [7, 11) is 3.02. The zero-order valence-electron chi connectivity index (χ0n) is 17.0. The Morgan fingerprint density at radius 1 is 1.20 bits per heavy atom. The van der Waals surface area contributed by atoms with E-state index in [4.69, 9.17) is 10.00 Å². The topological polar surface area (TPSA) is 82.4 Å². The lowest BCUT2D eigenvalue weighted by atomic mass is 10.1. The van der Waals surface area contributed by atoms with Gasteiger partial charge in [0.05, 0.1) is 13.0 Å². The molecular formula is C23H24FN3O3. The molecule has 1 N–H and O–H groups in total. The minimum atomic E-state index is -0.583. The van der Waals surface area contributed by atoms with Crippen LogP contribution < -0.4 is 10.1 Å². The van der Waals surface area contributed by atoms with Crippen LogP contribution in [0.1, 0.15) is 17.5 Å². The van der Waals surface area contributed by atoms with Crippen LogP contribution in [0.2, 0.25) is 0 Å². The smallest absolute Gasteiger partial charge is 0.264 e. The van der Waals surface area contributed by atoms with Crippen molar-refractivity contribution < 1.29 is 18.7 Å². The molecule has 0 aliphatic carbocycles. The summed E-state index contributed by atoms with van der Waals surface area (Å²) in [6.07, 6.45) is 2.08. The van der Waals surface area contributed by atoms with E-state index in [2.05, 4.69) is 5.32 Å². The first-order valence-electron chi connectivity index (χ1n) is 9.47. The number of likely N-dealkylation sites (N-methyl/N-ethyl adjacent to an activating group) is 1. The first kappa shape index (κ1) is 22.6. The number of halogens is 1. The third-order valence-corrected chi connectivity index (χ3v) is 4.20. The number of hydrogen-bond donors (Lipinski definition) is 1. The quantitative estimate of drug-likeness (QED) is 0.510. The van der Waals surface area contributed by atoms with Crippen molar-refractivity contribution in [2.24, 2.45) is 0 Å². The van der Waals surface area contributed by atoms with Crippen LogP contribution >= 0.6 is 0 Å². The summed E-state index contributed by atoms with van der Waals surface area (Å²) in [5.41, 5.74) is 1.02. The molecule has 0 saturated heterocycles. The summed E-state index contributed by atoms with van der Waals surface area (Å²) in [4.78, 5) is 25.1. The number of ether oxygens (including phenoxy) is 1. The Bertz CT molecular complexity index is 950. The van der Waals surface area contributed by atoms with E-state index in [9.17, 15) is 14.0 Å². The molecule has 0 bridgehead atoms. The summed E-state index contributed by atoms with van der Waals surface area (Å²) >= 11 is 0. The third-order valence-electron chi connectivity index (χ3n) is 4.20. The highest BCUT2D eigenvalue weighted by Gasteiger charge is 2.13. The Labute approximate surface area is 175 Å². The van der Waals surface area contributed by atoms with Crippen LogP contribution in [0, 0.1) is 17.1 Å². The van der Waals surface area contributed by atoms with Gasteiger partial charge in [0.25, 0.3) is 5.91 Å². The molecule has 2 aromatic rings. The minimum Gasteiger partial charge on any atom is -0.493 e. The first-order valence-corrected chi connectivity index (χ1v) is 9.47. The van der Waals surface area contributed by atoms with Gasteiger partial charge in [0.15, 0.2) is 0 Å². The van der Waals surface area contributed by atoms with Crippen LogP contribution in [0.25, 0.3) is 6.08 Å². The molecule has 0 atom stereocenters. The molecule has 0 unspecified atom stereocenters. The van der Waals surface area contributed by atoms with Crippen molar-refractivity contribution in [3.05, 3.63) is 71.0 Å². The second kappa shape index (κ2) is 11.4. The maximum Gasteiger partial charge on any atom is 0.264 e. The number of benzene rings is 2. The number of carbonyl (C=O) groups is 2. The lowest BCUT2D eigenvalue weighted by Gasteiger charge is -2.10. The fourth-order valence-corrected chi connectivity index (χ4v) is 2.60. The molecule has 30 heavy (non-hydrogen) atoms. The van der Waals surface area contributed by atoms with E-state index in [1.807, 2.05) is 30.3 Å². The lowest BCUT2D eigenvalue weighted by molar-refractivity contribution is -0.124. The van der Waals surface area contributed by atoms with Gasteiger partial charge in [-0.2, -0.15) is 5.26 Å². The zero-order valence-corrected chi connectivity index (χ0v) is 17.0. The highest BCUT2D eigenvalue weighted by Crippen LogP contribution is 2.20. The molecule has 6 nitrogen and oxygen atoms in total. The maximum atomic E-state index is 14.1. The highest BCUT2D eigenvalue weighted by atomic mass is 19.1. The molecule has 0 aliphatic rings. The maximum absolute atomic E-state index is 14.1. The second-order valence-corrected chi connectivity index (χ2v) is 6.74. The van der Waals surface area contributed by atoms with Gasteiger partial charge in [-0.1, -0.05) is 30.3 Å². The molecule has 0 aliphatic heterocycles. The Morgan fingerprint density at radius 2 is 1.93 bits per heavy atom. The van der Waals surface area contributed by atoms with Gasteiger partial charge in [0.2, 0.25) is 5.91 Å². The third kappa shape index (κ3) is 7.06. The molecular weight excluding hydrogens is 385 g/mol. The number of nitrogens with one attached hydrogen (secondary N) is 1. The summed E-state index contributed by atoms with van der Waals surface area (Å²) in [6, 6.07) is 15.6. The van der Waals surface area contributed by atoms with Gasteiger partial charge in [-0.25, -0.2) is 4.39 Å². The van der Waals surface area contributed by atoms with Gasteiger partial charge < -0.3 is 15.0 Å². The average Bonchev–Trinajstić information content (AvgIpc) is 2.74. The van der Waals surface area contributed by atoms with Crippen molar-refractivity contribution in [1.29, 1.82) is 5.26 Å². The van der Waals surface area contributed by atoms with Gasteiger partial charge in [-0.3, -0.25) is 9.59 Å². The Kier molecular flexibility index (Phi) is 8.57. The normalized spacial score (nSPS) is 10.8. The van der Waals surface area contributed by atoms with E-state index in [0.29, 0.717) is 12.3 Å². The van der Waals surface area contributed by atoms with Crippen LogP contribution in [0.5, 0.6) is 5.75 Å². The summed E-state index contributed by atoms with van der Waals surface area (Å²) in [5, 5.41) is 12.0. The number of nitrogens with zero attached hydrogens (tertiary/aromatic N) is 2. The Balaban J connectivity index is 1.87. The molecule has 0 spiro atoms. The van der Waals surface area contributed by atoms with Gasteiger partial charge >= 0.3 is 0 Å². The van der Waals surface area contributed by atoms with Crippen molar-refractivity contribution in [3.63, 3.8) is 0 Å². The molecule has 2 aromatic carbocycles. The average molecular weight is 409 g/mol. The van der Waals surface area contributed by atoms with E-state index in [-0.39, 0.29) is 30.1 Å². The van der Waals surface area contributed by atoms with E-state index in [0.717, 1.165) is 12.0 Å². The first-order chi connectivity index (χ1) is 14.4. The van der Waals surface area contributed by atoms with E-state index < -0.39 is 11.7 Å². The van der Waals surface area contributed by atoms with Crippen molar-refractivity contribution in [2.45, 2.75) is 12.8 Å². The van der Waals surface area contributed by atoms with E-state index in [1.54, 1.807) is 6.07 Å². The standard InChI is InChI=1S/C23H24FN3O3/c1-27(2)23(29)19(16-25)14-18-15-20(8-9-21(18)24)30-13-11-22(28)26-12-10-17-6-4-3-5-7-17/h3-9,14-15H,10-13H2,1-2H3,(H,26,28). The molecule has 0 fully saturated rings. The summed E-state index contributed by atoms with van der Waals surface area (Å²) in [6.45, 7) is 0.652. The van der Waals surface area contributed by atoms with Gasteiger partial charge in [0.1, 0.15) is 23.2 Å². The van der Waals surface area contributed by atoms with Gasteiger partial charge in [0, 0.05) is 26.2 Å². The second-order valence-electron chi connectivity index (χ2n) is 6.74. The molecule has 0 saturated carbocycles. The fourth-order valence-electron chi connectivity index (χ4n) is 2.60. The number of hydrogen-bond acceptors (Lipinski definition) is 4. The monoisotopic (exact) mass is 409 g/mol. The van der Waals surface area contributed by atoms with Crippen LogP contribution in [0.4, 0.5) is 4.39 Å². The van der Waals surface area contributed by atoms with Crippen LogP contribution in [-0.2, 0) is 16.0 Å². The predicted octanol–water partition coefficient (Wildman–Crippen LogP) is 2.95. The van der Waals surface area contributed by atoms with Crippen LogP contribution in [-0.4, -0.2) is 44.0 Å². The van der Waals surface area contributed by atoms with Crippen LogP contribution in [0.3, 0.4) is 0 Å². The largest absolute Gasteiger partial charge is 0.493 e. The minimum absolute atomic E-state index is 0.0616. The summed E-state index contributed by atoms with van der Waals surface area (Å²) < 4.78 is 19.6. The van der Waals surface area contributed by atoms with Crippen molar-refractivity contribution >= 4 is 17.9 Å². The Hall–Kier alpha value is -3.66. The molecule has 2 rings (SSSR count). The van der Waals surface area contributed by atoms with Gasteiger partial charge in [-0.05, 0) is 36.3 Å². The molecule has 0 radical (unpaired) electrons. The highest BCUT2D eigenvalue weighted by molar-refractivity contribution is 6.01. The van der Waals surface area contributed by atoms with Crippen LogP contribution in [0.15, 0.2) is 54.1 Å². The van der Waals surface area contributed by atoms with E-state index in [1.165, 1.54) is 43.3 Å². The number of rotatable bonds is 9. The SMILES string of the molecule is CN(C)C(=O)C(C#N)=Cc1cc(OCCC(=O)NCCc2ccccc2)ccc1F. The Morgan fingerprint density at radius 3 is 2.60 bits per heavy atom.